The third kappa shape index (κ3) is 2.92. The van der Waals surface area contributed by atoms with Crippen molar-refractivity contribution in [3.8, 4) is 0 Å². The van der Waals surface area contributed by atoms with Gasteiger partial charge in [-0.3, -0.25) is 0 Å². The van der Waals surface area contributed by atoms with Gasteiger partial charge in [0.25, 0.3) is 0 Å². The Labute approximate surface area is 92.5 Å². The monoisotopic (exact) mass is 204 g/mol. The van der Waals surface area contributed by atoms with Gasteiger partial charge in [0.05, 0.1) is 0 Å². The second-order valence-electron chi connectivity index (χ2n) is 4.50. The first kappa shape index (κ1) is 12.0. The minimum Gasteiger partial charge on any atom is -0.302 e. The van der Waals surface area contributed by atoms with Crippen LogP contribution in [0.1, 0.15) is 44.2 Å². The van der Waals surface area contributed by atoms with E-state index >= 15 is 0 Å². The molecule has 1 nitrogen and oxygen atoms in total. The first-order valence-corrected chi connectivity index (χ1v) is 5.66. The molecular weight excluding hydrogens is 184 g/mol. The molecule has 1 unspecified atom stereocenters. The van der Waals surface area contributed by atoms with Crippen molar-refractivity contribution in [2.75, 3.05) is 0 Å². The molecule has 1 aromatic carbocycles. The molecule has 1 rings (SSSR count). The van der Waals surface area contributed by atoms with Crippen LogP contribution >= 0.6 is 0 Å². The second-order valence-corrected chi connectivity index (χ2v) is 4.50. The summed E-state index contributed by atoms with van der Waals surface area (Å²) in [5.41, 5.74) is 2.07. The molecule has 1 heteroatoms. The van der Waals surface area contributed by atoms with Gasteiger partial charge in [-0.15, -0.1) is 0 Å². The highest BCUT2D eigenvalue weighted by atomic mass is 16.1. The molecule has 0 aliphatic rings. The highest BCUT2D eigenvalue weighted by Gasteiger charge is 2.24. The summed E-state index contributed by atoms with van der Waals surface area (Å²) in [5, 5.41) is 0. The molecule has 0 bridgehead atoms. The number of benzene rings is 1. The Morgan fingerprint density at radius 1 is 1.27 bits per heavy atom. The predicted octanol–water partition coefficient (Wildman–Crippen LogP) is 3.64. The quantitative estimate of drug-likeness (QED) is 0.669. The Bertz CT molecular complexity index is 313. The van der Waals surface area contributed by atoms with Crippen molar-refractivity contribution in [1.29, 1.82) is 0 Å². The van der Waals surface area contributed by atoms with E-state index in [1.54, 1.807) is 0 Å². The summed E-state index contributed by atoms with van der Waals surface area (Å²) in [7, 11) is 0. The van der Waals surface area contributed by atoms with Gasteiger partial charge in [0, 0.05) is 5.41 Å². The lowest BCUT2D eigenvalue weighted by Crippen LogP contribution is -2.23. The Morgan fingerprint density at radius 2 is 1.87 bits per heavy atom. The van der Waals surface area contributed by atoms with Gasteiger partial charge in [-0.2, -0.15) is 0 Å². The minimum absolute atomic E-state index is 0.302. The SMILES string of the molecule is CCCCC(C)(C=O)c1ccc(C)cc1. The van der Waals surface area contributed by atoms with Crippen LogP contribution in [-0.2, 0) is 10.2 Å². The van der Waals surface area contributed by atoms with Gasteiger partial charge >= 0.3 is 0 Å². The van der Waals surface area contributed by atoms with E-state index in [9.17, 15) is 4.79 Å². The highest BCUT2D eigenvalue weighted by molar-refractivity contribution is 5.67. The number of aldehydes is 1. The Morgan fingerprint density at radius 3 is 2.33 bits per heavy atom. The lowest BCUT2D eigenvalue weighted by Gasteiger charge is -2.23. The molecule has 0 fully saturated rings. The predicted molar refractivity (Wildman–Crippen MR) is 64.1 cm³/mol. The Kier molecular flexibility index (Phi) is 4.07. The molecule has 0 amide bonds. The fourth-order valence-corrected chi connectivity index (χ4v) is 1.75. The van der Waals surface area contributed by atoms with Crippen molar-refractivity contribution in [3.63, 3.8) is 0 Å². The Balaban J connectivity index is 2.89. The summed E-state index contributed by atoms with van der Waals surface area (Å²) in [6, 6.07) is 8.28. The molecule has 0 heterocycles. The maximum atomic E-state index is 11.2. The van der Waals surface area contributed by atoms with Crippen LogP contribution in [0.5, 0.6) is 0 Å². The first-order valence-electron chi connectivity index (χ1n) is 5.66. The maximum Gasteiger partial charge on any atom is 0.130 e. The standard InChI is InChI=1S/C14H20O/c1-4-5-10-14(3,11-15)13-8-6-12(2)7-9-13/h6-9,11H,4-5,10H2,1-3H3. The molecule has 0 saturated carbocycles. The van der Waals surface area contributed by atoms with Crippen molar-refractivity contribution in [2.24, 2.45) is 0 Å². The third-order valence-electron chi connectivity index (χ3n) is 3.02. The largest absolute Gasteiger partial charge is 0.302 e. The highest BCUT2D eigenvalue weighted by Crippen LogP contribution is 2.27. The van der Waals surface area contributed by atoms with E-state index in [0.29, 0.717) is 0 Å². The number of hydrogen-bond acceptors (Lipinski definition) is 1. The van der Waals surface area contributed by atoms with Crippen LogP contribution < -0.4 is 0 Å². The molecule has 1 atom stereocenters. The number of carbonyl (C=O) groups is 1. The van der Waals surface area contributed by atoms with Gasteiger partial charge < -0.3 is 4.79 Å². The Hall–Kier alpha value is -1.11. The molecule has 15 heavy (non-hydrogen) atoms. The zero-order valence-corrected chi connectivity index (χ0v) is 9.92. The van der Waals surface area contributed by atoms with Crippen LogP contribution in [0.2, 0.25) is 0 Å². The molecule has 1 aromatic rings. The number of unbranched alkanes of at least 4 members (excludes halogenated alkanes) is 1. The average Bonchev–Trinajstić information content (AvgIpc) is 2.27. The molecule has 0 aliphatic carbocycles. The summed E-state index contributed by atoms with van der Waals surface area (Å²) in [6.07, 6.45) is 4.27. The third-order valence-corrected chi connectivity index (χ3v) is 3.02. The van der Waals surface area contributed by atoms with Crippen molar-refractivity contribution >= 4 is 6.29 Å². The van der Waals surface area contributed by atoms with Crippen molar-refractivity contribution in [3.05, 3.63) is 35.4 Å². The zero-order valence-electron chi connectivity index (χ0n) is 9.92. The smallest absolute Gasteiger partial charge is 0.130 e. The van der Waals surface area contributed by atoms with Crippen LogP contribution in [0.25, 0.3) is 0 Å². The summed E-state index contributed by atoms with van der Waals surface area (Å²) < 4.78 is 0. The van der Waals surface area contributed by atoms with Crippen molar-refractivity contribution < 1.29 is 4.79 Å². The summed E-state index contributed by atoms with van der Waals surface area (Å²) >= 11 is 0. The molecular formula is C14H20O. The van der Waals surface area contributed by atoms with Gasteiger partial charge in [0.2, 0.25) is 0 Å². The molecule has 0 aromatic heterocycles. The van der Waals surface area contributed by atoms with Crippen molar-refractivity contribution in [1.82, 2.24) is 0 Å². The zero-order chi connectivity index (χ0) is 11.3. The number of rotatable bonds is 5. The van der Waals surface area contributed by atoms with Crippen LogP contribution in [0.3, 0.4) is 0 Å². The number of carbonyl (C=O) groups excluding carboxylic acids is 1. The topological polar surface area (TPSA) is 17.1 Å². The van der Waals surface area contributed by atoms with Gasteiger partial charge in [0.15, 0.2) is 0 Å². The number of aryl methyl sites for hydroxylation is 1. The van der Waals surface area contributed by atoms with E-state index in [4.69, 9.17) is 0 Å². The van der Waals surface area contributed by atoms with Gasteiger partial charge in [-0.25, -0.2) is 0 Å². The van der Waals surface area contributed by atoms with Crippen LogP contribution in [-0.4, -0.2) is 6.29 Å². The summed E-state index contributed by atoms with van der Waals surface area (Å²) in [4.78, 5) is 11.2. The molecule has 0 spiro atoms. The van der Waals surface area contributed by atoms with E-state index in [0.717, 1.165) is 31.1 Å². The molecule has 0 saturated heterocycles. The summed E-state index contributed by atoms with van der Waals surface area (Å²) in [5.74, 6) is 0. The van der Waals surface area contributed by atoms with Crippen LogP contribution in [0.15, 0.2) is 24.3 Å². The lowest BCUT2D eigenvalue weighted by molar-refractivity contribution is -0.112. The van der Waals surface area contributed by atoms with E-state index in [2.05, 4.69) is 38.1 Å². The van der Waals surface area contributed by atoms with Crippen molar-refractivity contribution in [2.45, 2.75) is 45.4 Å². The van der Waals surface area contributed by atoms with Gasteiger partial charge in [-0.1, -0.05) is 49.6 Å². The van der Waals surface area contributed by atoms with Crippen LogP contribution in [0.4, 0.5) is 0 Å². The molecule has 0 aliphatic heterocycles. The normalized spacial score (nSPS) is 14.6. The van der Waals surface area contributed by atoms with E-state index in [1.807, 2.05) is 6.92 Å². The van der Waals surface area contributed by atoms with E-state index < -0.39 is 0 Å². The van der Waals surface area contributed by atoms with E-state index in [1.165, 1.54) is 5.56 Å². The maximum absolute atomic E-state index is 11.2. The average molecular weight is 204 g/mol. The molecule has 0 radical (unpaired) electrons. The lowest BCUT2D eigenvalue weighted by atomic mass is 9.79. The van der Waals surface area contributed by atoms with E-state index in [-0.39, 0.29) is 5.41 Å². The minimum atomic E-state index is -0.302. The summed E-state index contributed by atoms with van der Waals surface area (Å²) in [6.45, 7) is 6.24. The number of hydrogen-bond donors (Lipinski definition) is 0. The fraction of sp³-hybridized carbons (Fsp3) is 0.500. The molecule has 0 N–H and O–H groups in total. The first-order chi connectivity index (χ1) is 7.12. The fourth-order valence-electron chi connectivity index (χ4n) is 1.75. The van der Waals surface area contributed by atoms with Gasteiger partial charge in [0.1, 0.15) is 6.29 Å². The molecule has 82 valence electrons. The second kappa shape index (κ2) is 5.11. The van der Waals surface area contributed by atoms with Gasteiger partial charge in [-0.05, 0) is 25.8 Å². The van der Waals surface area contributed by atoms with Crippen LogP contribution in [0, 0.1) is 6.92 Å².